The second-order valence-electron chi connectivity index (χ2n) is 10.0. The van der Waals surface area contributed by atoms with E-state index in [2.05, 4.69) is 15.4 Å². The van der Waals surface area contributed by atoms with E-state index in [-0.39, 0.29) is 24.5 Å². The summed E-state index contributed by atoms with van der Waals surface area (Å²) in [4.78, 5) is 35.6. The molecule has 2 amide bonds. The highest BCUT2D eigenvalue weighted by molar-refractivity contribution is 7.15. The fourth-order valence-electron chi connectivity index (χ4n) is 4.77. The minimum atomic E-state index is -0.890. The predicted molar refractivity (Wildman–Crippen MR) is 149 cm³/mol. The molecule has 206 valence electrons. The molecule has 11 nitrogen and oxygen atoms in total. The van der Waals surface area contributed by atoms with E-state index in [4.69, 9.17) is 19.6 Å². The average Bonchev–Trinajstić information content (AvgIpc) is 3.48. The number of amides is 2. The quantitative estimate of drug-likeness (QED) is 0.320. The van der Waals surface area contributed by atoms with Gasteiger partial charge in [-0.05, 0) is 37.1 Å². The van der Waals surface area contributed by atoms with Crippen LogP contribution in [0.5, 0.6) is 5.75 Å². The number of anilines is 1. The molecule has 2 aliphatic rings. The molecule has 1 saturated heterocycles. The van der Waals surface area contributed by atoms with Gasteiger partial charge in [0.15, 0.2) is 10.8 Å². The second-order valence-corrected chi connectivity index (χ2v) is 11.1. The van der Waals surface area contributed by atoms with E-state index in [1.165, 1.54) is 16.2 Å². The molecule has 0 aliphatic carbocycles. The summed E-state index contributed by atoms with van der Waals surface area (Å²) in [6, 6.07) is 15.5. The van der Waals surface area contributed by atoms with Crippen molar-refractivity contribution in [2.24, 2.45) is 0 Å². The van der Waals surface area contributed by atoms with E-state index < -0.39 is 12.2 Å². The van der Waals surface area contributed by atoms with Crippen molar-refractivity contribution in [2.45, 2.75) is 38.8 Å². The molecule has 4 heterocycles. The Morgan fingerprint density at radius 2 is 1.98 bits per heavy atom. The molecule has 2 aromatic heterocycles. The van der Waals surface area contributed by atoms with Crippen molar-refractivity contribution in [3.05, 3.63) is 64.5 Å². The van der Waals surface area contributed by atoms with E-state index in [1.54, 1.807) is 4.68 Å². The Morgan fingerprint density at radius 3 is 2.73 bits per heavy atom. The fourth-order valence-corrected chi connectivity index (χ4v) is 5.81. The van der Waals surface area contributed by atoms with Crippen molar-refractivity contribution in [2.75, 3.05) is 25.0 Å². The van der Waals surface area contributed by atoms with Gasteiger partial charge in [0, 0.05) is 41.9 Å². The first-order valence-electron chi connectivity index (χ1n) is 13.0. The highest BCUT2D eigenvalue weighted by Gasteiger charge is 2.33. The topological polar surface area (TPSA) is 132 Å². The lowest BCUT2D eigenvalue weighted by molar-refractivity contribution is 0.105. The van der Waals surface area contributed by atoms with Crippen LogP contribution in [-0.2, 0) is 17.8 Å². The van der Waals surface area contributed by atoms with Gasteiger partial charge in [-0.15, -0.1) is 16.4 Å². The zero-order valence-corrected chi connectivity index (χ0v) is 22.9. The molecule has 0 spiro atoms. The Labute approximate surface area is 234 Å². The van der Waals surface area contributed by atoms with Crippen LogP contribution < -0.4 is 10.1 Å². The first-order valence-corrected chi connectivity index (χ1v) is 13.9. The number of carboxylic acid groups (broad SMARTS) is 1. The fraction of sp³-hybridized carbons (Fsp3) is 0.321. The number of likely N-dealkylation sites (tertiary alicyclic amines) is 1. The van der Waals surface area contributed by atoms with E-state index in [9.17, 15) is 9.59 Å². The number of hydrogen-bond donors (Lipinski definition) is 2. The van der Waals surface area contributed by atoms with Gasteiger partial charge in [-0.2, -0.15) is 4.98 Å². The predicted octanol–water partition coefficient (Wildman–Crippen LogP) is 5.41. The molecule has 4 aromatic rings. The number of hydrogen-bond acceptors (Lipinski definition) is 8. The molecule has 0 unspecified atom stereocenters. The number of fused-ring (bicyclic) bond motifs is 3. The largest absolute Gasteiger partial charge is 0.492 e. The molecule has 2 aromatic carbocycles. The van der Waals surface area contributed by atoms with Crippen LogP contribution in [0.3, 0.4) is 0 Å². The van der Waals surface area contributed by atoms with Crippen LogP contribution in [0, 0.1) is 0 Å². The van der Waals surface area contributed by atoms with E-state index in [0.717, 1.165) is 33.0 Å². The van der Waals surface area contributed by atoms with Crippen molar-refractivity contribution in [1.82, 2.24) is 24.6 Å². The molecular weight excluding hydrogens is 532 g/mol. The standard InChI is InChI=1S/C28H28N6O5S/c1-16(2)34-24(30-26(32-34)31-27(35)39-15-17-6-4-3-5-7-17)25-29-23-20-9-8-18(19-13-33(14-19)28(36)37)12-21(20)38-11-10-22(23)40-25/h3-9,12,16,19H,10-11,13-15H2,1-2H3,(H,36,37)(H,31,32,35). The van der Waals surface area contributed by atoms with Crippen LogP contribution in [0.25, 0.3) is 22.1 Å². The molecule has 12 heteroatoms. The van der Waals surface area contributed by atoms with Gasteiger partial charge in [0.2, 0.25) is 0 Å². The molecule has 0 radical (unpaired) electrons. The maximum Gasteiger partial charge on any atom is 0.414 e. The molecule has 0 atom stereocenters. The minimum Gasteiger partial charge on any atom is -0.492 e. The Balaban J connectivity index is 1.23. The van der Waals surface area contributed by atoms with E-state index in [1.807, 2.05) is 62.4 Å². The number of aromatic nitrogens is 4. The summed E-state index contributed by atoms with van der Waals surface area (Å²) in [6.07, 6.45) is -0.829. The number of carbonyl (C=O) groups excluding carboxylic acids is 1. The van der Waals surface area contributed by atoms with Crippen LogP contribution >= 0.6 is 11.3 Å². The Morgan fingerprint density at radius 1 is 1.18 bits per heavy atom. The summed E-state index contributed by atoms with van der Waals surface area (Å²) >= 11 is 1.54. The van der Waals surface area contributed by atoms with Gasteiger partial charge in [-0.25, -0.2) is 19.3 Å². The lowest BCUT2D eigenvalue weighted by atomic mass is 9.90. The average molecular weight is 561 g/mol. The van der Waals surface area contributed by atoms with Gasteiger partial charge < -0.3 is 19.5 Å². The van der Waals surface area contributed by atoms with Crippen molar-refractivity contribution < 1.29 is 24.2 Å². The SMILES string of the molecule is CC(C)n1nc(NC(=O)OCc2ccccc2)nc1-c1nc2c(s1)CCOc1cc(C3CN(C(=O)O)C3)ccc1-2. The van der Waals surface area contributed by atoms with Crippen LogP contribution in [0.2, 0.25) is 0 Å². The zero-order chi connectivity index (χ0) is 27.8. The molecule has 0 bridgehead atoms. The lowest BCUT2D eigenvalue weighted by Crippen LogP contribution is -2.47. The maximum atomic E-state index is 12.4. The first kappa shape index (κ1) is 25.8. The van der Waals surface area contributed by atoms with E-state index >= 15 is 0 Å². The summed E-state index contributed by atoms with van der Waals surface area (Å²) < 4.78 is 13.1. The minimum absolute atomic E-state index is 0.0203. The Hall–Kier alpha value is -4.45. The van der Waals surface area contributed by atoms with Gasteiger partial charge in [0.1, 0.15) is 12.4 Å². The molecule has 6 rings (SSSR count). The number of carbonyl (C=O) groups is 2. The molecule has 2 aliphatic heterocycles. The summed E-state index contributed by atoms with van der Waals surface area (Å²) in [6.45, 7) is 5.61. The third-order valence-corrected chi connectivity index (χ3v) is 8.02. The third kappa shape index (κ3) is 5.09. The van der Waals surface area contributed by atoms with Gasteiger partial charge in [0.25, 0.3) is 5.95 Å². The summed E-state index contributed by atoms with van der Waals surface area (Å²) in [7, 11) is 0. The van der Waals surface area contributed by atoms with E-state index in [0.29, 0.717) is 36.9 Å². The van der Waals surface area contributed by atoms with Crippen LogP contribution in [0.15, 0.2) is 48.5 Å². The smallest absolute Gasteiger partial charge is 0.414 e. The van der Waals surface area contributed by atoms with Crippen LogP contribution in [-0.4, -0.2) is 61.6 Å². The van der Waals surface area contributed by atoms with Crippen molar-refractivity contribution in [3.63, 3.8) is 0 Å². The van der Waals surface area contributed by atoms with Gasteiger partial charge in [0.05, 0.1) is 12.3 Å². The monoisotopic (exact) mass is 560 g/mol. The number of rotatable bonds is 6. The van der Waals surface area contributed by atoms with Crippen molar-refractivity contribution in [1.29, 1.82) is 0 Å². The lowest BCUT2D eigenvalue weighted by Gasteiger charge is -2.37. The number of ether oxygens (including phenoxy) is 2. The summed E-state index contributed by atoms with van der Waals surface area (Å²) in [5, 5.41) is 17.0. The highest BCUT2D eigenvalue weighted by Crippen LogP contribution is 2.42. The number of thiazole rings is 1. The Kier molecular flexibility index (Phi) is 6.84. The highest BCUT2D eigenvalue weighted by atomic mass is 32.1. The van der Waals surface area contributed by atoms with Crippen LogP contribution in [0.1, 0.15) is 41.8 Å². The Bertz CT molecular complexity index is 1560. The zero-order valence-electron chi connectivity index (χ0n) is 22.0. The molecule has 2 N–H and O–H groups in total. The number of nitrogens with zero attached hydrogens (tertiary/aromatic N) is 5. The van der Waals surface area contributed by atoms with Crippen molar-refractivity contribution >= 4 is 29.5 Å². The summed E-state index contributed by atoms with van der Waals surface area (Å²) in [5.41, 5.74) is 3.68. The number of nitrogens with one attached hydrogen (secondary N) is 1. The molecular formula is C28H28N6O5S. The van der Waals surface area contributed by atoms with Gasteiger partial charge in [-0.3, -0.25) is 5.32 Å². The van der Waals surface area contributed by atoms with Gasteiger partial charge >= 0.3 is 12.2 Å². The second kappa shape index (κ2) is 10.6. The maximum absolute atomic E-state index is 12.4. The third-order valence-electron chi connectivity index (χ3n) is 6.91. The summed E-state index contributed by atoms with van der Waals surface area (Å²) in [5.74, 6) is 1.62. The normalized spacial score (nSPS) is 14.5. The molecule has 1 fully saturated rings. The van der Waals surface area contributed by atoms with Crippen LogP contribution in [0.4, 0.5) is 15.5 Å². The number of benzene rings is 2. The molecule has 40 heavy (non-hydrogen) atoms. The van der Waals surface area contributed by atoms with Crippen molar-refractivity contribution in [3.8, 4) is 27.8 Å². The van der Waals surface area contributed by atoms with Gasteiger partial charge in [-0.1, -0.05) is 36.4 Å². The first-order chi connectivity index (χ1) is 19.4. The molecule has 0 saturated carbocycles.